The monoisotopic (exact) mass is 242 g/mol. The summed E-state index contributed by atoms with van der Waals surface area (Å²) >= 11 is 0. The summed E-state index contributed by atoms with van der Waals surface area (Å²) < 4.78 is 5.16. The van der Waals surface area contributed by atoms with Crippen LogP contribution in [0.2, 0.25) is 0 Å². The van der Waals surface area contributed by atoms with Crippen LogP contribution in [0.25, 0.3) is 0 Å². The van der Waals surface area contributed by atoms with E-state index in [2.05, 4.69) is 24.5 Å². The highest BCUT2D eigenvalue weighted by Gasteiger charge is 2.39. The topological polar surface area (TPSA) is 50.4 Å². The van der Waals surface area contributed by atoms with E-state index >= 15 is 0 Å². The maximum Gasteiger partial charge on any atom is 0.227 e. The number of carbonyl (C=O) groups excluding carboxylic acids is 1. The number of carbonyl (C=O) groups is 1. The molecule has 0 radical (unpaired) electrons. The molecule has 1 aliphatic heterocycles. The van der Waals surface area contributed by atoms with Crippen LogP contribution in [0.1, 0.15) is 39.5 Å². The Hall–Kier alpha value is -0.610. The van der Waals surface area contributed by atoms with Gasteiger partial charge in [0.2, 0.25) is 5.91 Å². The average molecular weight is 242 g/mol. The van der Waals surface area contributed by atoms with Crippen molar-refractivity contribution in [2.75, 3.05) is 26.8 Å². The van der Waals surface area contributed by atoms with E-state index < -0.39 is 0 Å². The lowest BCUT2D eigenvalue weighted by molar-refractivity contribution is -0.131. The molecule has 100 valence electrons. The summed E-state index contributed by atoms with van der Waals surface area (Å²) in [6, 6.07) is 0.154. The van der Waals surface area contributed by atoms with Crippen LogP contribution in [0.4, 0.5) is 0 Å². The normalized spacial score (nSPS) is 25.8. The van der Waals surface area contributed by atoms with Gasteiger partial charge in [0.15, 0.2) is 0 Å². The van der Waals surface area contributed by atoms with Gasteiger partial charge in [0, 0.05) is 13.7 Å². The van der Waals surface area contributed by atoms with Crippen LogP contribution >= 0.6 is 0 Å². The Morgan fingerprint density at radius 3 is 2.76 bits per heavy atom. The highest BCUT2D eigenvalue weighted by atomic mass is 16.5. The molecule has 1 rings (SSSR count). The average Bonchev–Trinajstić information content (AvgIpc) is 2.79. The first-order valence-corrected chi connectivity index (χ1v) is 6.69. The van der Waals surface area contributed by atoms with Crippen molar-refractivity contribution in [1.29, 1.82) is 0 Å². The van der Waals surface area contributed by atoms with Crippen molar-refractivity contribution < 1.29 is 9.53 Å². The third-order valence-electron chi connectivity index (χ3n) is 3.74. The number of methoxy groups -OCH3 is 1. The molecule has 17 heavy (non-hydrogen) atoms. The molecule has 0 bridgehead atoms. The Morgan fingerprint density at radius 1 is 1.53 bits per heavy atom. The molecule has 1 aliphatic rings. The largest absolute Gasteiger partial charge is 0.383 e. The summed E-state index contributed by atoms with van der Waals surface area (Å²) in [5.74, 6) is 0.195. The molecule has 0 aromatic heterocycles. The molecule has 1 amide bonds. The second kappa shape index (κ2) is 6.97. The number of ether oxygens (including phenoxy) is 1. The van der Waals surface area contributed by atoms with Crippen LogP contribution in [0.3, 0.4) is 0 Å². The van der Waals surface area contributed by atoms with E-state index in [-0.39, 0.29) is 17.4 Å². The van der Waals surface area contributed by atoms with Crippen LogP contribution < -0.4 is 10.6 Å². The van der Waals surface area contributed by atoms with Gasteiger partial charge in [-0.1, -0.05) is 20.3 Å². The van der Waals surface area contributed by atoms with Gasteiger partial charge >= 0.3 is 0 Å². The fourth-order valence-electron chi connectivity index (χ4n) is 2.49. The summed E-state index contributed by atoms with van der Waals surface area (Å²) in [6.45, 7) is 6.58. The van der Waals surface area contributed by atoms with E-state index in [4.69, 9.17) is 4.74 Å². The van der Waals surface area contributed by atoms with Crippen LogP contribution in [-0.2, 0) is 9.53 Å². The molecule has 2 unspecified atom stereocenters. The number of hydrogen-bond donors (Lipinski definition) is 2. The van der Waals surface area contributed by atoms with Crippen molar-refractivity contribution in [3.63, 3.8) is 0 Å². The van der Waals surface area contributed by atoms with Crippen LogP contribution in [0, 0.1) is 5.41 Å². The zero-order valence-electron chi connectivity index (χ0n) is 11.3. The first-order valence-electron chi connectivity index (χ1n) is 6.69. The van der Waals surface area contributed by atoms with Gasteiger partial charge < -0.3 is 15.4 Å². The Labute approximate surface area is 104 Å². The van der Waals surface area contributed by atoms with E-state index in [9.17, 15) is 4.79 Å². The molecule has 0 aromatic carbocycles. The maximum atomic E-state index is 12.4. The van der Waals surface area contributed by atoms with Crippen molar-refractivity contribution in [3.05, 3.63) is 0 Å². The molecule has 2 N–H and O–H groups in total. The first-order chi connectivity index (χ1) is 8.18. The molecule has 4 heteroatoms. The molecule has 1 heterocycles. The lowest BCUT2D eigenvalue weighted by atomic mass is 9.83. The minimum atomic E-state index is -0.195. The first kappa shape index (κ1) is 14.5. The summed E-state index contributed by atoms with van der Waals surface area (Å²) in [5.41, 5.74) is -0.195. The van der Waals surface area contributed by atoms with Gasteiger partial charge in [-0.2, -0.15) is 0 Å². The number of nitrogens with one attached hydrogen (secondary N) is 2. The molecule has 1 fully saturated rings. The highest BCUT2D eigenvalue weighted by molar-refractivity contribution is 5.83. The minimum Gasteiger partial charge on any atom is -0.383 e. The van der Waals surface area contributed by atoms with E-state index in [1.807, 2.05) is 0 Å². The van der Waals surface area contributed by atoms with Crippen LogP contribution in [0.15, 0.2) is 0 Å². The predicted octanol–water partition coefficient (Wildman–Crippen LogP) is 1.31. The maximum absolute atomic E-state index is 12.4. The van der Waals surface area contributed by atoms with Crippen molar-refractivity contribution >= 4 is 5.91 Å². The van der Waals surface area contributed by atoms with Gasteiger partial charge in [0.05, 0.1) is 18.1 Å². The smallest absolute Gasteiger partial charge is 0.227 e. The summed E-state index contributed by atoms with van der Waals surface area (Å²) in [4.78, 5) is 12.4. The third kappa shape index (κ3) is 3.68. The molecule has 0 aliphatic carbocycles. The molecule has 0 aromatic rings. The van der Waals surface area contributed by atoms with Crippen molar-refractivity contribution in [2.45, 2.75) is 45.6 Å². The van der Waals surface area contributed by atoms with E-state index in [1.165, 1.54) is 0 Å². The molecular formula is C13H26N2O2. The van der Waals surface area contributed by atoms with Gasteiger partial charge in [-0.15, -0.1) is 0 Å². The SMILES string of the molecule is CCCC(COC)NC(=O)C1(CC)CCNC1. The zero-order chi connectivity index (χ0) is 12.7. The predicted molar refractivity (Wildman–Crippen MR) is 68.9 cm³/mol. The summed E-state index contributed by atoms with van der Waals surface area (Å²) in [6.07, 6.45) is 3.89. The molecule has 0 saturated carbocycles. The summed E-state index contributed by atoms with van der Waals surface area (Å²) in [5, 5.41) is 6.44. The summed E-state index contributed by atoms with van der Waals surface area (Å²) in [7, 11) is 1.68. The molecular weight excluding hydrogens is 216 g/mol. The van der Waals surface area contributed by atoms with Gasteiger partial charge in [-0.05, 0) is 25.8 Å². The quantitative estimate of drug-likeness (QED) is 0.707. The fraction of sp³-hybridized carbons (Fsp3) is 0.923. The van der Waals surface area contributed by atoms with E-state index in [0.29, 0.717) is 6.61 Å². The Bertz CT molecular complexity index is 232. The number of rotatable bonds is 7. The van der Waals surface area contributed by atoms with Gasteiger partial charge in [0.25, 0.3) is 0 Å². The zero-order valence-corrected chi connectivity index (χ0v) is 11.3. The minimum absolute atomic E-state index is 0.154. The molecule has 2 atom stereocenters. The second-order valence-corrected chi connectivity index (χ2v) is 4.98. The standard InChI is InChI=1S/C13H26N2O2/c1-4-6-11(9-17-3)15-12(16)13(5-2)7-8-14-10-13/h11,14H,4-10H2,1-3H3,(H,15,16). The molecule has 1 saturated heterocycles. The Kier molecular flexibility index (Phi) is 5.92. The van der Waals surface area contributed by atoms with Crippen LogP contribution in [0.5, 0.6) is 0 Å². The molecule has 0 spiro atoms. The fourth-order valence-corrected chi connectivity index (χ4v) is 2.49. The van der Waals surface area contributed by atoms with Crippen molar-refractivity contribution in [3.8, 4) is 0 Å². The van der Waals surface area contributed by atoms with Gasteiger partial charge in [0.1, 0.15) is 0 Å². The van der Waals surface area contributed by atoms with Gasteiger partial charge in [-0.25, -0.2) is 0 Å². The number of amides is 1. The second-order valence-electron chi connectivity index (χ2n) is 4.98. The van der Waals surface area contributed by atoms with E-state index in [0.717, 1.165) is 38.8 Å². The lowest BCUT2D eigenvalue weighted by Crippen LogP contribution is -2.47. The van der Waals surface area contributed by atoms with Crippen molar-refractivity contribution in [1.82, 2.24) is 10.6 Å². The highest BCUT2D eigenvalue weighted by Crippen LogP contribution is 2.29. The third-order valence-corrected chi connectivity index (χ3v) is 3.74. The number of hydrogen-bond acceptors (Lipinski definition) is 3. The van der Waals surface area contributed by atoms with E-state index in [1.54, 1.807) is 7.11 Å². The van der Waals surface area contributed by atoms with Gasteiger partial charge in [-0.3, -0.25) is 4.79 Å². The van der Waals surface area contributed by atoms with Crippen LogP contribution in [-0.4, -0.2) is 38.8 Å². The van der Waals surface area contributed by atoms with Crippen molar-refractivity contribution in [2.24, 2.45) is 5.41 Å². The lowest BCUT2D eigenvalue weighted by Gasteiger charge is -2.28. The Morgan fingerprint density at radius 2 is 2.29 bits per heavy atom. The molecule has 4 nitrogen and oxygen atoms in total. The Balaban J connectivity index is 2.55.